The molecular weight excluding hydrogens is 218 g/mol. The highest BCUT2D eigenvalue weighted by atomic mass is 16.5. The first-order chi connectivity index (χ1) is 7.70. The second kappa shape index (κ2) is 4.23. The van der Waals surface area contributed by atoms with E-state index in [0.717, 1.165) is 4.90 Å². The maximum absolute atomic E-state index is 11.8. The van der Waals surface area contributed by atoms with Crippen LogP contribution >= 0.6 is 0 Å². The molecule has 0 saturated carbocycles. The normalized spacial score (nSPS) is 20.8. The fourth-order valence-electron chi connectivity index (χ4n) is 1.43. The van der Waals surface area contributed by atoms with Crippen LogP contribution in [0.5, 0.6) is 0 Å². The second-order valence-electron chi connectivity index (χ2n) is 3.16. The average molecular weight is 227 g/mol. The summed E-state index contributed by atoms with van der Waals surface area (Å²) < 4.78 is 5.00. The monoisotopic (exact) mass is 227 g/mol. The zero-order valence-electron chi connectivity index (χ0n) is 8.16. The van der Waals surface area contributed by atoms with Crippen LogP contribution < -0.4 is 0 Å². The highest BCUT2D eigenvalue weighted by Gasteiger charge is 2.34. The Labute approximate surface area is 89.4 Å². The van der Waals surface area contributed by atoms with Gasteiger partial charge in [0, 0.05) is 6.54 Å². The van der Waals surface area contributed by atoms with Crippen molar-refractivity contribution < 1.29 is 19.4 Å². The minimum absolute atomic E-state index is 0.0288. The van der Waals surface area contributed by atoms with Gasteiger partial charge in [-0.25, -0.2) is 4.79 Å². The van der Waals surface area contributed by atoms with Crippen LogP contribution in [0.25, 0.3) is 0 Å². The fourth-order valence-corrected chi connectivity index (χ4v) is 1.43. The quantitative estimate of drug-likeness (QED) is 0.606. The molecule has 16 heavy (non-hydrogen) atoms. The maximum Gasteiger partial charge on any atom is 0.328 e. The first-order valence-electron chi connectivity index (χ1n) is 4.55. The summed E-state index contributed by atoms with van der Waals surface area (Å²) in [5.74, 6) is -1.82. The van der Waals surface area contributed by atoms with Gasteiger partial charge in [-0.05, 0) is 5.21 Å². The zero-order valence-corrected chi connectivity index (χ0v) is 8.16. The molecule has 1 aliphatic rings. The van der Waals surface area contributed by atoms with Crippen molar-refractivity contribution in [3.05, 3.63) is 5.82 Å². The van der Waals surface area contributed by atoms with E-state index in [4.69, 9.17) is 9.84 Å². The number of nitrogens with zero attached hydrogens (tertiary/aromatic N) is 4. The van der Waals surface area contributed by atoms with Crippen molar-refractivity contribution in [1.29, 1.82) is 0 Å². The van der Waals surface area contributed by atoms with Gasteiger partial charge in [-0.1, -0.05) is 0 Å². The lowest BCUT2D eigenvalue weighted by Crippen LogP contribution is -2.52. The molecule has 0 spiro atoms. The van der Waals surface area contributed by atoms with E-state index in [-0.39, 0.29) is 19.0 Å². The third-order valence-electron chi connectivity index (χ3n) is 2.21. The minimum atomic E-state index is -1.11. The van der Waals surface area contributed by atoms with Gasteiger partial charge in [-0.2, -0.15) is 5.21 Å². The number of aromatic nitrogens is 4. The SMILES string of the molecule is O=C(O)C1COCCN1C(=O)c1nn[nH]n1. The molecule has 1 aliphatic heterocycles. The Hall–Kier alpha value is -2.03. The number of H-pyrrole nitrogens is 1. The first kappa shape index (κ1) is 10.5. The maximum atomic E-state index is 11.8. The van der Waals surface area contributed by atoms with Crippen molar-refractivity contribution >= 4 is 11.9 Å². The van der Waals surface area contributed by atoms with Gasteiger partial charge < -0.3 is 14.7 Å². The summed E-state index contributed by atoms with van der Waals surface area (Å²) >= 11 is 0. The van der Waals surface area contributed by atoms with Gasteiger partial charge >= 0.3 is 5.97 Å². The predicted molar refractivity (Wildman–Crippen MR) is 47.5 cm³/mol. The molecule has 1 saturated heterocycles. The van der Waals surface area contributed by atoms with E-state index in [1.54, 1.807) is 0 Å². The highest BCUT2D eigenvalue weighted by Crippen LogP contribution is 2.09. The van der Waals surface area contributed by atoms with Crippen LogP contribution in [0, 0.1) is 0 Å². The number of carboxylic acid groups (broad SMARTS) is 1. The number of carbonyl (C=O) groups excluding carboxylic acids is 1. The molecule has 9 nitrogen and oxygen atoms in total. The number of amides is 1. The van der Waals surface area contributed by atoms with Crippen LogP contribution in [0.4, 0.5) is 0 Å². The number of hydrogen-bond acceptors (Lipinski definition) is 6. The van der Waals surface area contributed by atoms with Gasteiger partial charge in [-0.15, -0.1) is 10.2 Å². The van der Waals surface area contributed by atoms with Crippen LogP contribution in [0.1, 0.15) is 10.6 Å². The number of tetrazole rings is 1. The van der Waals surface area contributed by atoms with Gasteiger partial charge in [0.1, 0.15) is 0 Å². The molecule has 2 rings (SSSR count). The number of nitrogens with one attached hydrogen (secondary N) is 1. The van der Waals surface area contributed by atoms with Crippen LogP contribution in [-0.4, -0.2) is 68.3 Å². The highest BCUT2D eigenvalue weighted by molar-refractivity contribution is 5.93. The second-order valence-corrected chi connectivity index (χ2v) is 3.16. The predicted octanol–water partition coefficient (Wildman–Crippen LogP) is -1.87. The molecular formula is C7H9N5O4. The van der Waals surface area contributed by atoms with E-state index in [0.29, 0.717) is 6.61 Å². The molecule has 0 aliphatic carbocycles. The smallest absolute Gasteiger partial charge is 0.328 e. The Morgan fingerprint density at radius 3 is 3.00 bits per heavy atom. The molecule has 1 unspecified atom stereocenters. The fraction of sp³-hybridized carbons (Fsp3) is 0.571. The average Bonchev–Trinajstić information content (AvgIpc) is 2.81. The summed E-state index contributed by atoms with van der Waals surface area (Å²) in [6, 6.07) is -1.00. The molecule has 1 fully saturated rings. The Kier molecular flexibility index (Phi) is 2.77. The molecule has 2 N–H and O–H groups in total. The standard InChI is InChI=1S/C7H9N5O4/c13-6(5-8-10-11-9-5)12-1-2-16-3-4(12)7(14)15/h4H,1-3H2,(H,14,15)(H,8,9,10,11). The number of carboxylic acids is 1. The van der Waals surface area contributed by atoms with E-state index >= 15 is 0 Å². The topological polar surface area (TPSA) is 121 Å². The number of carbonyl (C=O) groups is 2. The minimum Gasteiger partial charge on any atom is -0.480 e. The van der Waals surface area contributed by atoms with E-state index in [1.165, 1.54) is 0 Å². The Balaban J connectivity index is 2.17. The number of aromatic amines is 1. The summed E-state index contributed by atoms with van der Waals surface area (Å²) in [6.45, 7) is 0.469. The van der Waals surface area contributed by atoms with Gasteiger partial charge in [0.05, 0.1) is 13.2 Å². The van der Waals surface area contributed by atoms with Crippen molar-refractivity contribution in [3.8, 4) is 0 Å². The van der Waals surface area contributed by atoms with Crippen LogP contribution in [0.15, 0.2) is 0 Å². The summed E-state index contributed by atoms with van der Waals surface area (Å²) in [7, 11) is 0. The first-order valence-corrected chi connectivity index (χ1v) is 4.55. The summed E-state index contributed by atoms with van der Waals surface area (Å²) in [4.78, 5) is 23.9. The number of ether oxygens (including phenoxy) is 1. The van der Waals surface area contributed by atoms with Gasteiger partial charge in [0.15, 0.2) is 6.04 Å². The summed E-state index contributed by atoms with van der Waals surface area (Å²) in [5, 5.41) is 21.3. The summed E-state index contributed by atoms with van der Waals surface area (Å²) in [6.07, 6.45) is 0. The molecule has 1 aromatic heterocycles. The van der Waals surface area contributed by atoms with Gasteiger partial charge in [0.25, 0.3) is 11.7 Å². The Morgan fingerprint density at radius 2 is 2.38 bits per heavy atom. The van der Waals surface area contributed by atoms with E-state index < -0.39 is 17.9 Å². The molecule has 2 heterocycles. The number of aliphatic carboxylic acids is 1. The van der Waals surface area contributed by atoms with Crippen molar-refractivity contribution in [3.63, 3.8) is 0 Å². The van der Waals surface area contributed by atoms with Crippen LogP contribution in [-0.2, 0) is 9.53 Å². The summed E-state index contributed by atoms with van der Waals surface area (Å²) in [5.41, 5.74) is 0. The van der Waals surface area contributed by atoms with Gasteiger partial charge in [-0.3, -0.25) is 4.79 Å². The number of morpholine rings is 1. The molecule has 86 valence electrons. The lowest BCUT2D eigenvalue weighted by atomic mass is 10.2. The third-order valence-corrected chi connectivity index (χ3v) is 2.21. The molecule has 1 amide bonds. The Morgan fingerprint density at radius 1 is 1.56 bits per heavy atom. The lowest BCUT2D eigenvalue weighted by Gasteiger charge is -2.31. The van der Waals surface area contributed by atoms with Crippen molar-refractivity contribution in [1.82, 2.24) is 25.5 Å². The lowest BCUT2D eigenvalue weighted by molar-refractivity contribution is -0.147. The van der Waals surface area contributed by atoms with Crippen molar-refractivity contribution in [2.24, 2.45) is 0 Å². The van der Waals surface area contributed by atoms with E-state index in [1.807, 2.05) is 0 Å². The van der Waals surface area contributed by atoms with E-state index in [2.05, 4.69) is 20.6 Å². The largest absolute Gasteiger partial charge is 0.480 e. The molecule has 0 bridgehead atoms. The van der Waals surface area contributed by atoms with Crippen LogP contribution in [0.2, 0.25) is 0 Å². The molecule has 1 aromatic rings. The third kappa shape index (κ3) is 1.84. The molecule has 0 aromatic carbocycles. The molecule has 0 radical (unpaired) electrons. The van der Waals surface area contributed by atoms with Crippen molar-refractivity contribution in [2.75, 3.05) is 19.8 Å². The molecule has 9 heteroatoms. The van der Waals surface area contributed by atoms with Crippen LogP contribution in [0.3, 0.4) is 0 Å². The van der Waals surface area contributed by atoms with Gasteiger partial charge in [0.2, 0.25) is 0 Å². The van der Waals surface area contributed by atoms with E-state index in [9.17, 15) is 9.59 Å². The number of rotatable bonds is 2. The molecule has 1 atom stereocenters. The number of hydrogen-bond donors (Lipinski definition) is 2. The Bertz CT molecular complexity index is 391. The zero-order chi connectivity index (χ0) is 11.5. The van der Waals surface area contributed by atoms with Crippen molar-refractivity contribution in [2.45, 2.75) is 6.04 Å².